The Balaban J connectivity index is 2.41. The predicted molar refractivity (Wildman–Crippen MR) is 50.8 cm³/mol. The highest BCUT2D eigenvalue weighted by molar-refractivity contribution is 6.31. The summed E-state index contributed by atoms with van der Waals surface area (Å²) in [7, 11) is 4.39. The normalized spacial score (nSPS) is 29.7. The molecule has 1 saturated heterocycles. The molecule has 1 atom stereocenters. The summed E-state index contributed by atoms with van der Waals surface area (Å²) < 4.78 is 5.08. The van der Waals surface area contributed by atoms with Crippen molar-refractivity contribution in [2.24, 2.45) is 0 Å². The van der Waals surface area contributed by atoms with Crippen LogP contribution in [0.4, 0.5) is 0 Å². The van der Waals surface area contributed by atoms with Crippen LogP contribution in [0.2, 0.25) is 0 Å². The van der Waals surface area contributed by atoms with Crippen LogP contribution in [0.25, 0.3) is 0 Å². The van der Waals surface area contributed by atoms with E-state index in [9.17, 15) is 0 Å². The van der Waals surface area contributed by atoms with Crippen molar-refractivity contribution in [3.8, 4) is 0 Å². The molecule has 0 bridgehead atoms. The first-order chi connectivity index (χ1) is 5.20. The Morgan fingerprint density at radius 1 is 1.45 bits per heavy atom. The van der Waals surface area contributed by atoms with Crippen molar-refractivity contribution in [1.29, 1.82) is 0 Å². The smallest absolute Gasteiger partial charge is 0.177 e. The Kier molecular flexibility index (Phi) is 3.06. The minimum atomic E-state index is -0.0313. The van der Waals surface area contributed by atoms with Crippen molar-refractivity contribution >= 4 is 9.84 Å². The molecule has 1 rings (SSSR count). The summed E-state index contributed by atoms with van der Waals surface area (Å²) in [6.45, 7) is 6.81. The van der Waals surface area contributed by atoms with Gasteiger partial charge in [0.1, 0.15) is 6.29 Å². The third-order valence-corrected chi connectivity index (χ3v) is 4.33. The number of rotatable bonds is 3. The van der Waals surface area contributed by atoms with Crippen LogP contribution >= 0.6 is 0 Å². The zero-order chi connectivity index (χ0) is 8.43. The minimum Gasteiger partial charge on any atom is -0.292 e. The molecule has 0 saturated carbocycles. The summed E-state index contributed by atoms with van der Waals surface area (Å²) in [5.74, 6) is 0. The van der Waals surface area contributed by atoms with Gasteiger partial charge >= 0.3 is 0 Å². The second kappa shape index (κ2) is 3.67. The zero-order valence-corrected chi connectivity index (χ0v) is 9.45. The molecule has 3 nitrogen and oxygen atoms in total. The number of hydrogen-bond acceptors (Lipinski definition) is 3. The molecule has 1 heterocycles. The molecule has 1 fully saturated rings. The van der Waals surface area contributed by atoms with Crippen LogP contribution in [0.5, 0.6) is 0 Å². The Labute approximate surface area is 71.9 Å². The summed E-state index contributed by atoms with van der Waals surface area (Å²) in [4.78, 5) is 2.39. The van der Waals surface area contributed by atoms with E-state index in [0.29, 0.717) is 6.29 Å². The molecule has 1 aliphatic heterocycles. The van der Waals surface area contributed by atoms with E-state index in [4.69, 9.17) is 0 Å². The molecular formula is C7H19N3Si. The fourth-order valence-corrected chi connectivity index (χ4v) is 3.48. The van der Waals surface area contributed by atoms with Gasteiger partial charge in [-0.15, -0.1) is 0 Å². The van der Waals surface area contributed by atoms with E-state index in [1.54, 1.807) is 0 Å². The Hall–Kier alpha value is 0.0969. The van der Waals surface area contributed by atoms with Crippen LogP contribution in [-0.2, 0) is 0 Å². The Morgan fingerprint density at radius 3 is 2.45 bits per heavy atom. The maximum Gasteiger partial charge on any atom is 0.177 e. The topological polar surface area (TPSA) is 9.72 Å². The van der Waals surface area contributed by atoms with Gasteiger partial charge in [0.25, 0.3) is 0 Å². The van der Waals surface area contributed by atoms with E-state index >= 15 is 0 Å². The molecule has 0 aliphatic carbocycles. The fraction of sp³-hybridized carbons (Fsp3) is 1.00. The average Bonchev–Trinajstić information content (AvgIpc) is 1.99. The van der Waals surface area contributed by atoms with Crippen molar-refractivity contribution in [2.75, 3.05) is 27.2 Å². The molecule has 66 valence electrons. The van der Waals surface area contributed by atoms with Gasteiger partial charge in [0.15, 0.2) is 9.84 Å². The molecule has 0 aromatic heterocycles. The molecule has 0 aromatic rings. The second-order valence-electron chi connectivity index (χ2n) is 3.22. The first-order valence-electron chi connectivity index (χ1n) is 4.35. The van der Waals surface area contributed by atoms with Gasteiger partial charge in [-0.1, -0.05) is 13.8 Å². The van der Waals surface area contributed by atoms with Gasteiger partial charge in [0.05, 0.1) is 0 Å². The van der Waals surface area contributed by atoms with E-state index in [2.05, 4.69) is 42.0 Å². The van der Waals surface area contributed by atoms with E-state index < -0.39 is 0 Å². The first-order valence-corrected chi connectivity index (χ1v) is 5.61. The third kappa shape index (κ3) is 1.64. The van der Waals surface area contributed by atoms with Crippen molar-refractivity contribution in [1.82, 2.24) is 14.0 Å². The lowest BCUT2D eigenvalue weighted by molar-refractivity contribution is -0.00919. The standard InChI is InChI=1S/C7H19N3Si/c1-5-8(3)7-9(4)11-10(7)6-2/h7H,5-6,11H2,1-4H3. The van der Waals surface area contributed by atoms with Crippen molar-refractivity contribution < 1.29 is 0 Å². The Morgan fingerprint density at radius 2 is 2.09 bits per heavy atom. The van der Waals surface area contributed by atoms with Gasteiger partial charge in [0, 0.05) is 0 Å². The Bertz CT molecular complexity index is 125. The minimum absolute atomic E-state index is 0.0313. The highest BCUT2D eigenvalue weighted by atomic mass is 28.2. The number of hydrogen-bond donors (Lipinski definition) is 0. The largest absolute Gasteiger partial charge is 0.292 e. The molecular weight excluding hydrogens is 154 g/mol. The SMILES string of the molecule is CCN(C)C1N(C)[SiH2]N1CC. The molecule has 0 amide bonds. The molecule has 11 heavy (non-hydrogen) atoms. The molecule has 0 radical (unpaired) electrons. The van der Waals surface area contributed by atoms with Crippen molar-refractivity contribution in [2.45, 2.75) is 20.1 Å². The van der Waals surface area contributed by atoms with Crippen LogP contribution < -0.4 is 0 Å². The van der Waals surface area contributed by atoms with Gasteiger partial charge in [-0.2, -0.15) is 0 Å². The molecule has 0 spiro atoms. The number of nitrogens with zero attached hydrogens (tertiary/aromatic N) is 3. The summed E-state index contributed by atoms with van der Waals surface area (Å²) >= 11 is 0. The zero-order valence-electron chi connectivity index (χ0n) is 8.04. The monoisotopic (exact) mass is 173 g/mol. The quantitative estimate of drug-likeness (QED) is 0.532. The molecule has 0 N–H and O–H groups in total. The fourth-order valence-electron chi connectivity index (χ4n) is 1.66. The maximum atomic E-state index is 2.59. The molecule has 1 aliphatic rings. The highest BCUT2D eigenvalue weighted by Gasteiger charge is 2.34. The van der Waals surface area contributed by atoms with Crippen LogP contribution in [0.1, 0.15) is 13.8 Å². The van der Waals surface area contributed by atoms with E-state index in [-0.39, 0.29) is 9.84 Å². The van der Waals surface area contributed by atoms with E-state index in [0.717, 1.165) is 6.54 Å². The highest BCUT2D eigenvalue weighted by Crippen LogP contribution is 2.15. The lowest BCUT2D eigenvalue weighted by atomic mass is 10.5. The second-order valence-corrected chi connectivity index (χ2v) is 5.32. The average molecular weight is 173 g/mol. The first kappa shape index (κ1) is 9.19. The maximum absolute atomic E-state index is 2.59. The van der Waals surface area contributed by atoms with Gasteiger partial charge < -0.3 is 0 Å². The predicted octanol–water partition coefficient (Wildman–Crippen LogP) is -0.512. The third-order valence-electron chi connectivity index (χ3n) is 2.42. The summed E-state index contributed by atoms with van der Waals surface area (Å²) in [5.41, 5.74) is 0. The van der Waals surface area contributed by atoms with Crippen LogP contribution in [0.15, 0.2) is 0 Å². The van der Waals surface area contributed by atoms with Gasteiger partial charge in [-0.3, -0.25) is 14.0 Å². The van der Waals surface area contributed by atoms with Crippen molar-refractivity contribution in [3.63, 3.8) is 0 Å². The van der Waals surface area contributed by atoms with Crippen LogP contribution in [0, 0.1) is 0 Å². The summed E-state index contributed by atoms with van der Waals surface area (Å²) in [6.07, 6.45) is 0.608. The van der Waals surface area contributed by atoms with Gasteiger partial charge in [-0.25, -0.2) is 0 Å². The van der Waals surface area contributed by atoms with Crippen LogP contribution in [0.3, 0.4) is 0 Å². The molecule has 0 aromatic carbocycles. The van der Waals surface area contributed by atoms with Crippen molar-refractivity contribution in [3.05, 3.63) is 0 Å². The van der Waals surface area contributed by atoms with Gasteiger partial charge in [-0.05, 0) is 27.2 Å². The van der Waals surface area contributed by atoms with Crippen LogP contribution in [-0.4, -0.2) is 57.3 Å². The lowest BCUT2D eigenvalue weighted by Gasteiger charge is -2.52. The molecule has 1 unspecified atom stereocenters. The summed E-state index contributed by atoms with van der Waals surface area (Å²) in [6, 6.07) is 0. The lowest BCUT2D eigenvalue weighted by Crippen LogP contribution is -2.70. The van der Waals surface area contributed by atoms with E-state index in [1.165, 1.54) is 6.54 Å². The summed E-state index contributed by atoms with van der Waals surface area (Å²) in [5, 5.41) is 0. The molecule has 4 heteroatoms. The van der Waals surface area contributed by atoms with Gasteiger partial charge in [0.2, 0.25) is 0 Å². The van der Waals surface area contributed by atoms with E-state index in [1.807, 2.05) is 0 Å².